The summed E-state index contributed by atoms with van der Waals surface area (Å²) in [6, 6.07) is 18.4. The number of carbonyl (C=O) groups is 2. The molecule has 1 atom stereocenters. The number of aryl methyl sites for hydroxylation is 1. The van der Waals surface area contributed by atoms with Gasteiger partial charge in [0, 0.05) is 0 Å². The summed E-state index contributed by atoms with van der Waals surface area (Å²) in [5.74, 6) is 1.10. The Morgan fingerprint density at radius 3 is 2.44 bits per heavy atom. The smallest absolute Gasteiger partial charge is 0.305 e. The highest BCUT2D eigenvalue weighted by Crippen LogP contribution is 2.28. The first-order valence-electron chi connectivity index (χ1n) is 10.5. The molecule has 168 valence electrons. The number of ether oxygens (including phenoxy) is 2. The van der Waals surface area contributed by atoms with Crippen molar-refractivity contribution in [1.29, 1.82) is 0 Å². The fourth-order valence-corrected chi connectivity index (χ4v) is 2.99. The van der Waals surface area contributed by atoms with Crippen molar-refractivity contribution in [2.45, 2.75) is 46.3 Å². The molecule has 2 amide bonds. The number of amides is 2. The number of hydrogen-bond donors (Lipinski definition) is 2. The van der Waals surface area contributed by atoms with Crippen LogP contribution < -0.4 is 20.3 Å². The molecule has 0 aliphatic rings. The fraction of sp³-hybridized carbons (Fsp3) is 0.280. The Kier molecular flexibility index (Phi) is 7.54. The second-order valence-corrected chi connectivity index (χ2v) is 7.77. The van der Waals surface area contributed by atoms with Crippen LogP contribution in [0.3, 0.4) is 0 Å². The molecular weight excluding hydrogens is 408 g/mol. The van der Waals surface area contributed by atoms with E-state index in [2.05, 4.69) is 24.7 Å². The molecule has 3 aromatic rings. The maximum Gasteiger partial charge on any atom is 0.305 e. The Bertz CT molecular complexity index is 1060. The van der Waals surface area contributed by atoms with E-state index in [1.807, 2.05) is 55.5 Å². The third kappa shape index (κ3) is 6.14. The minimum atomic E-state index is -0.805. The van der Waals surface area contributed by atoms with Crippen molar-refractivity contribution < 1.29 is 23.5 Å². The number of nitrogens with one attached hydrogen (secondary N) is 2. The van der Waals surface area contributed by atoms with E-state index >= 15 is 0 Å². The van der Waals surface area contributed by atoms with Gasteiger partial charge in [0.15, 0.2) is 11.9 Å². The number of furan rings is 1. The molecule has 0 radical (unpaired) electrons. The Morgan fingerprint density at radius 1 is 0.969 bits per heavy atom. The molecule has 3 rings (SSSR count). The van der Waals surface area contributed by atoms with Crippen LogP contribution in [-0.2, 0) is 11.4 Å². The first-order chi connectivity index (χ1) is 15.3. The standard InChI is InChI=1S/C25H28N2O5/c1-16(2)21-12-10-17(3)14-23(21)31-18(4)24(28)26-27-25(29)22-13-11-20(32-22)15-30-19-8-6-5-7-9-19/h5-14,16,18H,15H2,1-4H3,(H,26,28)(H,27,29). The fourth-order valence-electron chi connectivity index (χ4n) is 2.99. The van der Waals surface area contributed by atoms with Gasteiger partial charge in [-0.25, -0.2) is 0 Å². The van der Waals surface area contributed by atoms with Gasteiger partial charge in [-0.3, -0.25) is 20.4 Å². The van der Waals surface area contributed by atoms with Crippen LogP contribution >= 0.6 is 0 Å². The highest BCUT2D eigenvalue weighted by Gasteiger charge is 2.19. The zero-order valence-electron chi connectivity index (χ0n) is 18.7. The third-order valence-electron chi connectivity index (χ3n) is 4.77. The Hall–Kier alpha value is -3.74. The van der Waals surface area contributed by atoms with Crippen molar-refractivity contribution in [3.05, 3.63) is 83.3 Å². The number of hydrogen-bond acceptors (Lipinski definition) is 5. The number of hydrazine groups is 1. The van der Waals surface area contributed by atoms with Crippen molar-refractivity contribution in [3.8, 4) is 11.5 Å². The predicted molar refractivity (Wildman–Crippen MR) is 120 cm³/mol. The lowest BCUT2D eigenvalue weighted by Gasteiger charge is -2.19. The van der Waals surface area contributed by atoms with Gasteiger partial charge in [0.05, 0.1) is 0 Å². The summed E-state index contributed by atoms with van der Waals surface area (Å²) in [6.07, 6.45) is -0.805. The quantitative estimate of drug-likeness (QED) is 0.507. The van der Waals surface area contributed by atoms with E-state index in [4.69, 9.17) is 13.9 Å². The Balaban J connectivity index is 1.51. The van der Waals surface area contributed by atoms with Crippen LogP contribution in [0.25, 0.3) is 0 Å². The second-order valence-electron chi connectivity index (χ2n) is 7.77. The molecule has 0 aliphatic heterocycles. The molecule has 7 nitrogen and oxygen atoms in total. The van der Waals surface area contributed by atoms with Gasteiger partial charge in [0.1, 0.15) is 23.9 Å². The molecule has 1 unspecified atom stereocenters. The lowest BCUT2D eigenvalue weighted by Crippen LogP contribution is -2.47. The van der Waals surface area contributed by atoms with E-state index in [-0.39, 0.29) is 18.3 Å². The van der Waals surface area contributed by atoms with E-state index in [0.29, 0.717) is 17.3 Å². The van der Waals surface area contributed by atoms with Crippen LogP contribution in [0.5, 0.6) is 11.5 Å². The van der Waals surface area contributed by atoms with Gasteiger partial charge < -0.3 is 13.9 Å². The van der Waals surface area contributed by atoms with Gasteiger partial charge in [0.25, 0.3) is 5.91 Å². The first-order valence-corrected chi connectivity index (χ1v) is 10.5. The Morgan fingerprint density at radius 2 is 1.72 bits per heavy atom. The molecule has 0 fully saturated rings. The van der Waals surface area contributed by atoms with Gasteiger partial charge in [0.2, 0.25) is 0 Å². The molecule has 1 heterocycles. The Labute approximate surface area is 187 Å². The number of benzene rings is 2. The third-order valence-corrected chi connectivity index (χ3v) is 4.77. The molecule has 2 N–H and O–H groups in total. The van der Waals surface area contributed by atoms with Gasteiger partial charge in [-0.2, -0.15) is 0 Å². The molecule has 0 aliphatic carbocycles. The summed E-state index contributed by atoms with van der Waals surface area (Å²) in [7, 11) is 0. The van der Waals surface area contributed by atoms with Gasteiger partial charge in [-0.05, 0) is 61.2 Å². The monoisotopic (exact) mass is 436 g/mol. The van der Waals surface area contributed by atoms with Gasteiger partial charge in [-0.15, -0.1) is 0 Å². The number of rotatable bonds is 8. The van der Waals surface area contributed by atoms with Crippen molar-refractivity contribution in [2.24, 2.45) is 0 Å². The zero-order valence-corrected chi connectivity index (χ0v) is 18.7. The van der Waals surface area contributed by atoms with E-state index in [0.717, 1.165) is 11.1 Å². The van der Waals surface area contributed by atoms with E-state index in [1.165, 1.54) is 6.07 Å². The van der Waals surface area contributed by atoms with Crippen LogP contribution in [0.2, 0.25) is 0 Å². The predicted octanol–water partition coefficient (Wildman–Crippen LogP) is 4.52. The molecule has 1 aromatic heterocycles. The van der Waals surface area contributed by atoms with E-state index in [1.54, 1.807) is 13.0 Å². The summed E-state index contributed by atoms with van der Waals surface area (Å²) >= 11 is 0. The summed E-state index contributed by atoms with van der Waals surface area (Å²) in [4.78, 5) is 24.7. The molecule has 0 saturated heterocycles. The normalized spacial score (nSPS) is 11.7. The highest BCUT2D eigenvalue weighted by molar-refractivity contribution is 5.93. The average molecular weight is 437 g/mol. The number of para-hydroxylation sites is 1. The van der Waals surface area contributed by atoms with Gasteiger partial charge in [-0.1, -0.05) is 44.2 Å². The van der Waals surface area contributed by atoms with E-state index < -0.39 is 17.9 Å². The van der Waals surface area contributed by atoms with Crippen LogP contribution in [0.15, 0.2) is 65.1 Å². The maximum absolute atomic E-state index is 12.4. The molecule has 0 saturated carbocycles. The minimum Gasteiger partial charge on any atom is -0.486 e. The number of carbonyl (C=O) groups excluding carboxylic acids is 2. The highest BCUT2D eigenvalue weighted by atomic mass is 16.5. The summed E-state index contributed by atoms with van der Waals surface area (Å²) in [6.45, 7) is 7.89. The SMILES string of the molecule is Cc1ccc(C(C)C)c(OC(C)C(=O)NNC(=O)c2ccc(COc3ccccc3)o2)c1. The maximum atomic E-state index is 12.4. The topological polar surface area (TPSA) is 89.8 Å². The average Bonchev–Trinajstić information content (AvgIpc) is 3.25. The molecular formula is C25H28N2O5. The minimum absolute atomic E-state index is 0.0614. The summed E-state index contributed by atoms with van der Waals surface area (Å²) in [5, 5.41) is 0. The van der Waals surface area contributed by atoms with Crippen molar-refractivity contribution in [2.75, 3.05) is 0 Å². The van der Waals surface area contributed by atoms with Crippen molar-refractivity contribution >= 4 is 11.8 Å². The molecule has 7 heteroatoms. The molecule has 0 spiro atoms. The van der Waals surface area contributed by atoms with Crippen LogP contribution in [0.4, 0.5) is 0 Å². The molecule has 2 aromatic carbocycles. The second kappa shape index (κ2) is 10.5. The van der Waals surface area contributed by atoms with Crippen LogP contribution in [0, 0.1) is 6.92 Å². The van der Waals surface area contributed by atoms with Gasteiger partial charge >= 0.3 is 5.91 Å². The largest absolute Gasteiger partial charge is 0.486 e. The lowest BCUT2D eigenvalue weighted by molar-refractivity contribution is -0.128. The zero-order chi connectivity index (χ0) is 23.1. The summed E-state index contributed by atoms with van der Waals surface area (Å²) < 4.78 is 16.9. The lowest BCUT2D eigenvalue weighted by atomic mass is 10.0. The van der Waals surface area contributed by atoms with Crippen molar-refractivity contribution in [3.63, 3.8) is 0 Å². The van der Waals surface area contributed by atoms with Crippen molar-refractivity contribution in [1.82, 2.24) is 10.9 Å². The molecule has 0 bridgehead atoms. The van der Waals surface area contributed by atoms with Crippen LogP contribution in [-0.4, -0.2) is 17.9 Å². The van der Waals surface area contributed by atoms with Crippen LogP contribution in [0.1, 0.15) is 54.1 Å². The first kappa shape index (κ1) is 22.9. The summed E-state index contributed by atoms with van der Waals surface area (Å²) in [5.41, 5.74) is 6.78. The molecule has 32 heavy (non-hydrogen) atoms. The van der Waals surface area contributed by atoms with E-state index in [9.17, 15) is 9.59 Å².